The predicted octanol–water partition coefficient (Wildman–Crippen LogP) is 1.22. The Morgan fingerprint density at radius 2 is 1.94 bits per heavy atom. The Balaban J connectivity index is 2.18. The van der Waals surface area contributed by atoms with Crippen molar-refractivity contribution in [3.63, 3.8) is 0 Å². The van der Waals surface area contributed by atoms with E-state index in [0.29, 0.717) is 18.4 Å². The molecule has 0 spiro atoms. The van der Waals surface area contributed by atoms with Crippen LogP contribution < -0.4 is 9.64 Å². The normalized spacial score (nSPS) is 10.2. The van der Waals surface area contributed by atoms with E-state index in [9.17, 15) is 0 Å². The Morgan fingerprint density at radius 1 is 1.22 bits per heavy atom. The van der Waals surface area contributed by atoms with Gasteiger partial charge in [-0.2, -0.15) is 4.98 Å². The molecule has 6 nitrogen and oxygen atoms in total. The van der Waals surface area contributed by atoms with Crippen LogP contribution in [0.4, 0.5) is 5.95 Å². The van der Waals surface area contributed by atoms with E-state index in [1.807, 2.05) is 18.9 Å². The Morgan fingerprint density at radius 3 is 2.61 bits per heavy atom. The Bertz CT molecular complexity index is 517. The molecule has 0 saturated carbocycles. The number of anilines is 1. The summed E-state index contributed by atoms with van der Waals surface area (Å²) in [6.45, 7) is 2.45. The molecule has 0 aromatic carbocycles. The number of ether oxygens (including phenoxy) is 1. The van der Waals surface area contributed by atoms with E-state index < -0.39 is 0 Å². The van der Waals surface area contributed by atoms with Gasteiger partial charge in [-0.15, -0.1) is 0 Å². The van der Waals surface area contributed by atoms with Crippen LogP contribution in [-0.4, -0.2) is 34.1 Å². The van der Waals surface area contributed by atoms with E-state index in [1.54, 1.807) is 31.6 Å². The fourth-order valence-corrected chi connectivity index (χ4v) is 1.49. The van der Waals surface area contributed by atoms with E-state index >= 15 is 0 Å². The van der Waals surface area contributed by atoms with Crippen LogP contribution in [0.5, 0.6) is 5.88 Å². The van der Waals surface area contributed by atoms with Crippen molar-refractivity contribution in [3.05, 3.63) is 36.0 Å². The van der Waals surface area contributed by atoms with Crippen molar-refractivity contribution in [3.8, 4) is 5.88 Å². The molecule has 0 unspecified atom stereocenters. The summed E-state index contributed by atoms with van der Waals surface area (Å²) in [7, 11) is 3.48. The molecule has 0 saturated heterocycles. The highest BCUT2D eigenvalue weighted by Gasteiger charge is 2.09. The number of nitrogens with zero attached hydrogens (tertiary/aromatic N) is 5. The van der Waals surface area contributed by atoms with Gasteiger partial charge in [0.25, 0.3) is 0 Å². The molecule has 0 aliphatic heterocycles. The van der Waals surface area contributed by atoms with Gasteiger partial charge in [0, 0.05) is 31.2 Å². The van der Waals surface area contributed by atoms with Crippen molar-refractivity contribution >= 4 is 5.95 Å². The maximum absolute atomic E-state index is 5.13. The lowest BCUT2D eigenvalue weighted by Crippen LogP contribution is -2.21. The molecule has 0 amide bonds. The minimum atomic E-state index is 0.549. The Hall–Kier alpha value is -2.24. The first-order valence-electron chi connectivity index (χ1n) is 5.56. The van der Waals surface area contributed by atoms with Crippen LogP contribution in [0.2, 0.25) is 0 Å². The smallest absolute Gasteiger partial charge is 0.229 e. The van der Waals surface area contributed by atoms with Crippen LogP contribution in [0.15, 0.2) is 24.5 Å². The van der Waals surface area contributed by atoms with Gasteiger partial charge in [-0.25, -0.2) is 15.0 Å². The van der Waals surface area contributed by atoms with Crippen LogP contribution in [0.25, 0.3) is 0 Å². The summed E-state index contributed by atoms with van der Waals surface area (Å²) < 4.78 is 5.13. The number of rotatable bonds is 4. The van der Waals surface area contributed by atoms with Gasteiger partial charge in [-0.3, -0.25) is 0 Å². The second kappa shape index (κ2) is 5.39. The first kappa shape index (κ1) is 12.2. The third-order valence-electron chi connectivity index (χ3n) is 2.37. The van der Waals surface area contributed by atoms with Crippen molar-refractivity contribution in [1.82, 2.24) is 19.9 Å². The molecule has 0 fully saturated rings. The van der Waals surface area contributed by atoms with Gasteiger partial charge in [0.15, 0.2) is 0 Å². The molecule has 6 heteroatoms. The molecule has 0 bridgehead atoms. The first-order chi connectivity index (χ1) is 8.69. The molecule has 0 aliphatic carbocycles. The lowest BCUT2D eigenvalue weighted by molar-refractivity contribution is 0.396. The van der Waals surface area contributed by atoms with Gasteiger partial charge in [-0.1, -0.05) is 0 Å². The van der Waals surface area contributed by atoms with Crippen LogP contribution in [0.1, 0.15) is 11.5 Å². The van der Waals surface area contributed by atoms with Gasteiger partial charge in [-0.05, 0) is 13.0 Å². The summed E-state index contributed by atoms with van der Waals surface area (Å²) in [6, 6.07) is 3.58. The molecule has 2 aromatic rings. The maximum atomic E-state index is 5.13. The van der Waals surface area contributed by atoms with Gasteiger partial charge in [0.05, 0.1) is 13.7 Å². The summed E-state index contributed by atoms with van der Waals surface area (Å²) in [4.78, 5) is 18.9. The molecule has 2 heterocycles. The Kier molecular flexibility index (Phi) is 3.66. The summed E-state index contributed by atoms with van der Waals surface area (Å²) in [5.74, 6) is 1.88. The number of hydrogen-bond donors (Lipinski definition) is 0. The van der Waals surface area contributed by atoms with Crippen molar-refractivity contribution in [2.45, 2.75) is 13.5 Å². The van der Waals surface area contributed by atoms with Crippen molar-refractivity contribution in [2.75, 3.05) is 19.1 Å². The molecule has 2 rings (SSSR count). The average Bonchev–Trinajstić information content (AvgIpc) is 2.39. The van der Waals surface area contributed by atoms with Gasteiger partial charge < -0.3 is 9.64 Å². The molecule has 0 radical (unpaired) electrons. The zero-order valence-electron chi connectivity index (χ0n) is 10.7. The summed E-state index contributed by atoms with van der Waals surface area (Å²) in [5, 5.41) is 0. The molecule has 2 aromatic heterocycles. The molecule has 0 aliphatic rings. The number of hydrogen-bond acceptors (Lipinski definition) is 6. The molecule has 94 valence electrons. The van der Waals surface area contributed by atoms with E-state index in [0.717, 1.165) is 11.5 Å². The monoisotopic (exact) mass is 245 g/mol. The SMILES string of the molecule is COc1cc(C)nc(N(C)Cc2ncccn2)n1. The highest BCUT2D eigenvalue weighted by molar-refractivity contribution is 5.33. The topological polar surface area (TPSA) is 64.0 Å². The molecule has 0 atom stereocenters. The lowest BCUT2D eigenvalue weighted by atomic mass is 10.4. The zero-order chi connectivity index (χ0) is 13.0. The highest BCUT2D eigenvalue weighted by atomic mass is 16.5. The van der Waals surface area contributed by atoms with Crippen LogP contribution >= 0.6 is 0 Å². The van der Waals surface area contributed by atoms with Gasteiger partial charge >= 0.3 is 0 Å². The van der Waals surface area contributed by atoms with Crippen molar-refractivity contribution < 1.29 is 4.74 Å². The van der Waals surface area contributed by atoms with E-state index in [-0.39, 0.29) is 0 Å². The van der Waals surface area contributed by atoms with E-state index in [2.05, 4.69) is 19.9 Å². The van der Waals surface area contributed by atoms with Crippen molar-refractivity contribution in [1.29, 1.82) is 0 Å². The van der Waals surface area contributed by atoms with Crippen LogP contribution in [0.3, 0.4) is 0 Å². The maximum Gasteiger partial charge on any atom is 0.229 e. The third kappa shape index (κ3) is 2.91. The zero-order valence-corrected chi connectivity index (χ0v) is 10.7. The fraction of sp³-hybridized carbons (Fsp3) is 0.333. The van der Waals surface area contributed by atoms with Crippen LogP contribution in [0, 0.1) is 6.92 Å². The van der Waals surface area contributed by atoms with Crippen LogP contribution in [-0.2, 0) is 6.54 Å². The summed E-state index contributed by atoms with van der Waals surface area (Å²) in [6.07, 6.45) is 3.43. The second-order valence-electron chi connectivity index (χ2n) is 3.87. The molecule has 18 heavy (non-hydrogen) atoms. The van der Waals surface area contributed by atoms with Gasteiger partial charge in [0.1, 0.15) is 5.82 Å². The van der Waals surface area contributed by atoms with Gasteiger partial charge in [0.2, 0.25) is 11.8 Å². The Labute approximate surface area is 106 Å². The van der Waals surface area contributed by atoms with E-state index in [4.69, 9.17) is 4.74 Å². The largest absolute Gasteiger partial charge is 0.481 e. The summed E-state index contributed by atoms with van der Waals surface area (Å²) >= 11 is 0. The minimum Gasteiger partial charge on any atom is -0.481 e. The predicted molar refractivity (Wildman–Crippen MR) is 67.5 cm³/mol. The third-order valence-corrected chi connectivity index (χ3v) is 2.37. The number of methoxy groups -OCH3 is 1. The first-order valence-corrected chi connectivity index (χ1v) is 5.56. The van der Waals surface area contributed by atoms with E-state index in [1.165, 1.54) is 0 Å². The second-order valence-corrected chi connectivity index (χ2v) is 3.87. The highest BCUT2D eigenvalue weighted by Crippen LogP contribution is 2.14. The average molecular weight is 245 g/mol. The standard InChI is InChI=1S/C12H15N5O/c1-9-7-11(18-3)16-12(15-9)17(2)8-10-13-5-4-6-14-10/h4-7H,8H2,1-3H3. The van der Waals surface area contributed by atoms with Crippen molar-refractivity contribution in [2.24, 2.45) is 0 Å². The number of aromatic nitrogens is 4. The molecular formula is C12H15N5O. The quantitative estimate of drug-likeness (QED) is 0.807. The minimum absolute atomic E-state index is 0.549. The number of aryl methyl sites for hydroxylation is 1. The molecule has 0 N–H and O–H groups in total. The summed E-state index contributed by atoms with van der Waals surface area (Å²) in [5.41, 5.74) is 0.859. The lowest BCUT2D eigenvalue weighted by Gasteiger charge is -2.16. The fourth-order valence-electron chi connectivity index (χ4n) is 1.49. The molecular weight excluding hydrogens is 230 g/mol.